The Bertz CT molecular complexity index is 593. The van der Waals surface area contributed by atoms with E-state index in [1.807, 2.05) is 12.1 Å². The van der Waals surface area contributed by atoms with E-state index in [-0.39, 0.29) is 17.3 Å². The van der Waals surface area contributed by atoms with Crippen molar-refractivity contribution in [3.8, 4) is 0 Å². The second-order valence-electron chi connectivity index (χ2n) is 5.93. The highest BCUT2D eigenvalue weighted by atomic mass is 19.1. The van der Waals surface area contributed by atoms with E-state index in [1.54, 1.807) is 12.1 Å². The molecule has 3 heteroatoms. The molecule has 110 valence electrons. The standard InChI is InChI=1S/C18H21FN2/c19-16-9-4-6-14(12-16)13-17(21-20)18(10-5-11-18)15-7-2-1-3-8-15/h1-4,6-9,12,17,21H,5,10-11,13,20H2. The Morgan fingerprint density at radius 3 is 2.43 bits per heavy atom. The van der Waals surface area contributed by atoms with Gasteiger partial charge in [0.05, 0.1) is 0 Å². The van der Waals surface area contributed by atoms with Crippen molar-refractivity contribution in [3.63, 3.8) is 0 Å². The van der Waals surface area contributed by atoms with Gasteiger partial charge >= 0.3 is 0 Å². The predicted molar refractivity (Wildman–Crippen MR) is 83.2 cm³/mol. The number of hydrogen-bond donors (Lipinski definition) is 2. The summed E-state index contributed by atoms with van der Waals surface area (Å²) in [5.41, 5.74) is 5.38. The van der Waals surface area contributed by atoms with E-state index in [4.69, 9.17) is 5.84 Å². The summed E-state index contributed by atoms with van der Waals surface area (Å²) in [6, 6.07) is 17.5. The van der Waals surface area contributed by atoms with E-state index in [0.29, 0.717) is 0 Å². The molecule has 0 amide bonds. The van der Waals surface area contributed by atoms with Crippen molar-refractivity contribution in [2.45, 2.75) is 37.1 Å². The van der Waals surface area contributed by atoms with Crippen LogP contribution in [0.3, 0.4) is 0 Å². The Labute approximate surface area is 125 Å². The molecule has 1 aliphatic carbocycles. The SMILES string of the molecule is NNC(Cc1cccc(F)c1)C1(c2ccccc2)CCC1. The second-order valence-corrected chi connectivity index (χ2v) is 5.93. The normalized spacial score (nSPS) is 18.0. The molecule has 0 heterocycles. The highest BCUT2D eigenvalue weighted by Crippen LogP contribution is 2.47. The van der Waals surface area contributed by atoms with Gasteiger partial charge in [0.25, 0.3) is 0 Å². The molecule has 1 unspecified atom stereocenters. The quantitative estimate of drug-likeness (QED) is 0.653. The molecule has 21 heavy (non-hydrogen) atoms. The number of nitrogens with two attached hydrogens (primary N) is 1. The molecule has 1 fully saturated rings. The van der Waals surface area contributed by atoms with Gasteiger partial charge in [-0.3, -0.25) is 11.3 Å². The highest BCUT2D eigenvalue weighted by molar-refractivity contribution is 5.32. The second kappa shape index (κ2) is 5.96. The Balaban J connectivity index is 1.87. The average Bonchev–Trinajstić information content (AvgIpc) is 2.46. The van der Waals surface area contributed by atoms with Crippen LogP contribution in [-0.2, 0) is 11.8 Å². The van der Waals surface area contributed by atoms with Crippen LogP contribution in [0.25, 0.3) is 0 Å². The van der Waals surface area contributed by atoms with Gasteiger partial charge in [-0.25, -0.2) is 4.39 Å². The number of halogens is 1. The lowest BCUT2D eigenvalue weighted by molar-refractivity contribution is 0.168. The summed E-state index contributed by atoms with van der Waals surface area (Å²) in [5.74, 6) is 5.66. The molecule has 3 N–H and O–H groups in total. The van der Waals surface area contributed by atoms with Crippen LogP contribution in [0, 0.1) is 5.82 Å². The van der Waals surface area contributed by atoms with Crippen LogP contribution in [0.2, 0.25) is 0 Å². The smallest absolute Gasteiger partial charge is 0.123 e. The van der Waals surface area contributed by atoms with Gasteiger partial charge in [0.1, 0.15) is 5.82 Å². The molecule has 0 bridgehead atoms. The summed E-state index contributed by atoms with van der Waals surface area (Å²) < 4.78 is 13.4. The van der Waals surface area contributed by atoms with Crippen molar-refractivity contribution in [3.05, 3.63) is 71.5 Å². The number of benzene rings is 2. The van der Waals surface area contributed by atoms with E-state index in [0.717, 1.165) is 24.8 Å². The fourth-order valence-corrected chi connectivity index (χ4v) is 3.48. The van der Waals surface area contributed by atoms with E-state index >= 15 is 0 Å². The Morgan fingerprint density at radius 1 is 1.10 bits per heavy atom. The number of hydrogen-bond acceptors (Lipinski definition) is 2. The molecule has 1 atom stereocenters. The third-order valence-corrected chi connectivity index (χ3v) is 4.79. The van der Waals surface area contributed by atoms with Crippen LogP contribution in [0.5, 0.6) is 0 Å². The van der Waals surface area contributed by atoms with Crippen LogP contribution in [0.15, 0.2) is 54.6 Å². The Morgan fingerprint density at radius 2 is 1.86 bits per heavy atom. The topological polar surface area (TPSA) is 38.0 Å². The average molecular weight is 284 g/mol. The van der Waals surface area contributed by atoms with E-state index < -0.39 is 0 Å². The monoisotopic (exact) mass is 284 g/mol. The van der Waals surface area contributed by atoms with Crippen molar-refractivity contribution in [2.24, 2.45) is 5.84 Å². The molecule has 0 aliphatic heterocycles. The first-order valence-corrected chi connectivity index (χ1v) is 7.51. The van der Waals surface area contributed by atoms with E-state index in [2.05, 4.69) is 29.7 Å². The molecule has 3 rings (SSSR count). The summed E-state index contributed by atoms with van der Waals surface area (Å²) in [6.07, 6.45) is 4.21. The molecule has 1 saturated carbocycles. The van der Waals surface area contributed by atoms with Crippen molar-refractivity contribution >= 4 is 0 Å². The summed E-state index contributed by atoms with van der Waals surface area (Å²) in [6.45, 7) is 0. The molecule has 2 aromatic rings. The minimum absolute atomic E-state index is 0.0718. The lowest BCUT2D eigenvalue weighted by Gasteiger charge is -2.48. The van der Waals surface area contributed by atoms with Gasteiger partial charge < -0.3 is 0 Å². The van der Waals surface area contributed by atoms with Crippen molar-refractivity contribution in [1.29, 1.82) is 0 Å². The van der Waals surface area contributed by atoms with Gasteiger partial charge in [-0.1, -0.05) is 48.9 Å². The zero-order chi connectivity index (χ0) is 14.7. The zero-order valence-electron chi connectivity index (χ0n) is 12.1. The highest BCUT2D eigenvalue weighted by Gasteiger charge is 2.44. The van der Waals surface area contributed by atoms with Gasteiger partial charge in [0.15, 0.2) is 0 Å². The van der Waals surface area contributed by atoms with Gasteiger partial charge in [-0.2, -0.15) is 0 Å². The summed E-state index contributed by atoms with van der Waals surface area (Å²) in [7, 11) is 0. The van der Waals surface area contributed by atoms with Crippen molar-refractivity contribution in [1.82, 2.24) is 5.43 Å². The Hall–Kier alpha value is -1.71. The predicted octanol–water partition coefficient (Wildman–Crippen LogP) is 3.32. The Kier molecular flexibility index (Phi) is 4.04. The lowest BCUT2D eigenvalue weighted by Crippen LogP contribution is -2.56. The first-order chi connectivity index (χ1) is 10.2. The van der Waals surface area contributed by atoms with Gasteiger partial charge in [0, 0.05) is 11.5 Å². The van der Waals surface area contributed by atoms with Gasteiger partial charge in [-0.15, -0.1) is 0 Å². The largest absolute Gasteiger partial charge is 0.271 e. The maximum Gasteiger partial charge on any atom is 0.123 e. The molecular weight excluding hydrogens is 263 g/mol. The summed E-state index contributed by atoms with van der Waals surface area (Å²) in [4.78, 5) is 0. The maximum atomic E-state index is 13.4. The number of hydrazine groups is 1. The minimum atomic E-state index is -0.189. The van der Waals surface area contributed by atoms with Crippen molar-refractivity contribution in [2.75, 3.05) is 0 Å². The summed E-state index contributed by atoms with van der Waals surface area (Å²) >= 11 is 0. The molecule has 2 nitrogen and oxygen atoms in total. The minimum Gasteiger partial charge on any atom is -0.271 e. The molecular formula is C18H21FN2. The fourth-order valence-electron chi connectivity index (χ4n) is 3.48. The summed E-state index contributed by atoms with van der Waals surface area (Å²) in [5, 5.41) is 0. The van der Waals surface area contributed by atoms with Crippen LogP contribution >= 0.6 is 0 Å². The van der Waals surface area contributed by atoms with E-state index in [1.165, 1.54) is 18.1 Å². The molecule has 0 aromatic heterocycles. The molecule has 2 aromatic carbocycles. The third kappa shape index (κ3) is 2.71. The lowest BCUT2D eigenvalue weighted by atomic mass is 9.59. The van der Waals surface area contributed by atoms with Gasteiger partial charge in [-0.05, 0) is 42.5 Å². The van der Waals surface area contributed by atoms with Crippen LogP contribution in [0.1, 0.15) is 30.4 Å². The third-order valence-electron chi connectivity index (χ3n) is 4.79. The van der Waals surface area contributed by atoms with Crippen LogP contribution in [0.4, 0.5) is 4.39 Å². The van der Waals surface area contributed by atoms with Gasteiger partial charge in [0.2, 0.25) is 0 Å². The van der Waals surface area contributed by atoms with Crippen LogP contribution < -0.4 is 11.3 Å². The molecule has 0 saturated heterocycles. The maximum absolute atomic E-state index is 13.4. The molecule has 0 spiro atoms. The van der Waals surface area contributed by atoms with Crippen molar-refractivity contribution < 1.29 is 4.39 Å². The molecule has 1 aliphatic rings. The fraction of sp³-hybridized carbons (Fsp3) is 0.333. The number of rotatable bonds is 5. The molecule has 0 radical (unpaired) electrons. The zero-order valence-corrected chi connectivity index (χ0v) is 12.1. The number of nitrogens with one attached hydrogen (secondary N) is 1. The first kappa shape index (κ1) is 14.2. The van der Waals surface area contributed by atoms with E-state index in [9.17, 15) is 4.39 Å². The van der Waals surface area contributed by atoms with Crippen LogP contribution in [-0.4, -0.2) is 6.04 Å². The first-order valence-electron chi connectivity index (χ1n) is 7.51.